The van der Waals surface area contributed by atoms with Crippen LogP contribution in [0, 0.1) is 20.8 Å². The van der Waals surface area contributed by atoms with Gasteiger partial charge in [-0.05, 0) is 51.3 Å². The van der Waals surface area contributed by atoms with Gasteiger partial charge in [0.25, 0.3) is 0 Å². The highest BCUT2D eigenvalue weighted by Crippen LogP contribution is 2.24. The lowest BCUT2D eigenvalue weighted by molar-refractivity contribution is 0.157. The lowest BCUT2D eigenvalue weighted by Gasteiger charge is -2.20. The lowest BCUT2D eigenvalue weighted by atomic mass is 10.1. The lowest BCUT2D eigenvalue weighted by Crippen LogP contribution is -2.39. The fraction of sp³-hybridized carbons (Fsp3) is 0.600. The molecule has 0 spiro atoms. The van der Waals surface area contributed by atoms with Crippen LogP contribution in [-0.4, -0.2) is 38.0 Å². The first kappa shape index (κ1) is 15.5. The number of hydrogen-bond acceptors (Lipinski definition) is 4. The standard InChI is InChI=1S/C15H23NO3S/c1-10-7-11(2)15(12(3)8-10)20(18,19)9-14(17)13-5-4-6-16-13/h7-8,13-14,16-17H,4-6,9H2,1-3H3. The van der Waals surface area contributed by atoms with Crippen LogP contribution in [0.4, 0.5) is 0 Å². The van der Waals surface area contributed by atoms with Crippen molar-refractivity contribution in [3.8, 4) is 0 Å². The van der Waals surface area contributed by atoms with Crippen LogP contribution < -0.4 is 5.32 Å². The van der Waals surface area contributed by atoms with Crippen molar-refractivity contribution in [1.29, 1.82) is 0 Å². The summed E-state index contributed by atoms with van der Waals surface area (Å²) in [6.07, 6.45) is 0.981. The highest BCUT2D eigenvalue weighted by atomic mass is 32.2. The number of rotatable bonds is 4. The van der Waals surface area contributed by atoms with E-state index in [1.165, 1.54) is 0 Å². The topological polar surface area (TPSA) is 66.4 Å². The van der Waals surface area contributed by atoms with Gasteiger partial charge < -0.3 is 10.4 Å². The number of aryl methyl sites for hydroxylation is 3. The second-order valence-electron chi connectivity index (χ2n) is 5.78. The van der Waals surface area contributed by atoms with Crippen molar-refractivity contribution >= 4 is 9.84 Å². The molecule has 0 saturated carbocycles. The van der Waals surface area contributed by atoms with Gasteiger partial charge >= 0.3 is 0 Å². The van der Waals surface area contributed by atoms with Gasteiger partial charge in [0.2, 0.25) is 0 Å². The Hall–Kier alpha value is -0.910. The van der Waals surface area contributed by atoms with Crippen molar-refractivity contribution in [3.63, 3.8) is 0 Å². The Labute approximate surface area is 121 Å². The first-order chi connectivity index (χ1) is 9.31. The third-order valence-corrected chi connectivity index (χ3v) is 5.92. The Bertz CT molecular complexity index is 566. The summed E-state index contributed by atoms with van der Waals surface area (Å²) in [5.74, 6) is -0.213. The van der Waals surface area contributed by atoms with Gasteiger partial charge in [0.1, 0.15) is 0 Å². The van der Waals surface area contributed by atoms with Gasteiger partial charge in [0, 0.05) is 6.04 Å². The molecule has 0 radical (unpaired) electrons. The maximum Gasteiger partial charge on any atom is 0.181 e. The molecule has 20 heavy (non-hydrogen) atoms. The van der Waals surface area contributed by atoms with Crippen molar-refractivity contribution in [1.82, 2.24) is 5.32 Å². The molecule has 2 unspecified atom stereocenters. The van der Waals surface area contributed by atoms with Gasteiger partial charge in [-0.1, -0.05) is 17.7 Å². The SMILES string of the molecule is Cc1cc(C)c(S(=O)(=O)CC(O)C2CCCN2)c(C)c1. The van der Waals surface area contributed by atoms with Crippen LogP contribution >= 0.6 is 0 Å². The minimum Gasteiger partial charge on any atom is -0.390 e. The Morgan fingerprint density at radius 1 is 1.30 bits per heavy atom. The molecule has 0 aliphatic carbocycles. The summed E-state index contributed by atoms with van der Waals surface area (Å²) in [6, 6.07) is 3.65. The normalized spacial score (nSPS) is 21.1. The molecule has 1 saturated heterocycles. The third kappa shape index (κ3) is 3.22. The molecular weight excluding hydrogens is 274 g/mol. The van der Waals surface area contributed by atoms with Crippen LogP contribution in [0.2, 0.25) is 0 Å². The zero-order chi connectivity index (χ0) is 14.9. The molecule has 1 fully saturated rings. The molecule has 2 rings (SSSR count). The Kier molecular flexibility index (Phi) is 4.52. The average Bonchev–Trinajstić information content (AvgIpc) is 2.78. The molecule has 2 N–H and O–H groups in total. The Morgan fingerprint density at radius 2 is 1.90 bits per heavy atom. The smallest absolute Gasteiger partial charge is 0.181 e. The first-order valence-electron chi connectivity index (χ1n) is 7.03. The van der Waals surface area contributed by atoms with Gasteiger partial charge in [0.15, 0.2) is 9.84 Å². The van der Waals surface area contributed by atoms with Crippen molar-refractivity contribution in [2.24, 2.45) is 0 Å². The zero-order valence-corrected chi connectivity index (χ0v) is 13.1. The number of aliphatic hydroxyl groups is 1. The van der Waals surface area contributed by atoms with Crippen LogP contribution in [0.25, 0.3) is 0 Å². The summed E-state index contributed by atoms with van der Waals surface area (Å²) >= 11 is 0. The van der Waals surface area contributed by atoms with E-state index in [1.807, 2.05) is 32.9 Å². The van der Waals surface area contributed by atoms with Crippen LogP contribution in [0.3, 0.4) is 0 Å². The predicted octanol–water partition coefficient (Wildman–Crippen LogP) is 1.50. The van der Waals surface area contributed by atoms with Gasteiger partial charge in [-0.15, -0.1) is 0 Å². The molecule has 1 aliphatic rings. The van der Waals surface area contributed by atoms with E-state index < -0.39 is 15.9 Å². The molecular formula is C15H23NO3S. The van der Waals surface area contributed by atoms with Gasteiger partial charge in [-0.25, -0.2) is 8.42 Å². The summed E-state index contributed by atoms with van der Waals surface area (Å²) < 4.78 is 25.1. The maximum atomic E-state index is 12.6. The van der Waals surface area contributed by atoms with Crippen molar-refractivity contribution in [2.45, 2.75) is 50.7 Å². The van der Waals surface area contributed by atoms with E-state index in [0.29, 0.717) is 4.90 Å². The molecule has 0 amide bonds. The molecule has 5 heteroatoms. The summed E-state index contributed by atoms with van der Waals surface area (Å²) in [4.78, 5) is 0.375. The van der Waals surface area contributed by atoms with E-state index in [4.69, 9.17) is 0 Å². The summed E-state index contributed by atoms with van der Waals surface area (Å²) in [5, 5.41) is 13.3. The molecule has 0 bridgehead atoms. The number of hydrogen-bond donors (Lipinski definition) is 2. The van der Waals surface area contributed by atoms with Crippen LogP contribution in [0.1, 0.15) is 29.5 Å². The van der Waals surface area contributed by atoms with Crippen LogP contribution in [-0.2, 0) is 9.84 Å². The highest BCUT2D eigenvalue weighted by Gasteiger charge is 2.29. The van der Waals surface area contributed by atoms with Gasteiger partial charge in [-0.2, -0.15) is 0 Å². The van der Waals surface area contributed by atoms with Crippen LogP contribution in [0.5, 0.6) is 0 Å². The van der Waals surface area contributed by atoms with E-state index in [0.717, 1.165) is 36.1 Å². The van der Waals surface area contributed by atoms with E-state index in [2.05, 4.69) is 5.32 Å². The molecule has 112 valence electrons. The fourth-order valence-corrected chi connectivity index (χ4v) is 5.07. The quantitative estimate of drug-likeness (QED) is 0.884. The van der Waals surface area contributed by atoms with Crippen molar-refractivity contribution in [2.75, 3.05) is 12.3 Å². The second-order valence-corrected chi connectivity index (χ2v) is 7.75. The van der Waals surface area contributed by atoms with Crippen molar-refractivity contribution < 1.29 is 13.5 Å². The molecule has 1 aromatic carbocycles. The first-order valence-corrected chi connectivity index (χ1v) is 8.68. The molecule has 0 aromatic heterocycles. The minimum atomic E-state index is -3.47. The van der Waals surface area contributed by atoms with E-state index in [-0.39, 0.29) is 11.8 Å². The van der Waals surface area contributed by atoms with Gasteiger partial charge in [0.05, 0.1) is 16.8 Å². The molecule has 1 aromatic rings. The van der Waals surface area contributed by atoms with Crippen molar-refractivity contribution in [3.05, 3.63) is 28.8 Å². The predicted molar refractivity (Wildman–Crippen MR) is 79.7 cm³/mol. The molecule has 2 atom stereocenters. The Balaban J connectivity index is 2.26. The number of aliphatic hydroxyl groups excluding tert-OH is 1. The molecule has 1 aliphatic heterocycles. The van der Waals surface area contributed by atoms with E-state index >= 15 is 0 Å². The van der Waals surface area contributed by atoms with E-state index in [9.17, 15) is 13.5 Å². The largest absolute Gasteiger partial charge is 0.390 e. The summed E-state index contributed by atoms with van der Waals surface area (Å²) in [5.41, 5.74) is 2.57. The average molecular weight is 297 g/mol. The third-order valence-electron chi connectivity index (χ3n) is 3.87. The summed E-state index contributed by atoms with van der Waals surface area (Å²) in [7, 11) is -3.47. The zero-order valence-electron chi connectivity index (χ0n) is 12.3. The van der Waals surface area contributed by atoms with Crippen LogP contribution in [0.15, 0.2) is 17.0 Å². The number of sulfone groups is 1. The monoisotopic (exact) mass is 297 g/mol. The fourth-order valence-electron chi connectivity index (χ4n) is 3.12. The maximum absolute atomic E-state index is 12.6. The molecule has 1 heterocycles. The minimum absolute atomic E-state index is 0.101. The summed E-state index contributed by atoms with van der Waals surface area (Å²) in [6.45, 7) is 6.43. The Morgan fingerprint density at radius 3 is 2.40 bits per heavy atom. The second kappa shape index (κ2) is 5.84. The molecule has 4 nitrogen and oxygen atoms in total. The highest BCUT2D eigenvalue weighted by molar-refractivity contribution is 7.91. The number of benzene rings is 1. The number of nitrogens with one attached hydrogen (secondary N) is 1. The van der Waals surface area contributed by atoms with E-state index in [1.54, 1.807) is 0 Å². The van der Waals surface area contributed by atoms with Gasteiger partial charge in [-0.3, -0.25) is 0 Å².